The highest BCUT2D eigenvalue weighted by molar-refractivity contribution is 7.25. The lowest BCUT2D eigenvalue weighted by atomic mass is 9.43. The van der Waals surface area contributed by atoms with Crippen molar-refractivity contribution in [3.63, 3.8) is 0 Å². The topological polar surface area (TPSA) is 8.17 Å². The van der Waals surface area contributed by atoms with Gasteiger partial charge in [-0.1, -0.05) is 160 Å². The first-order valence-electron chi connectivity index (χ1n) is 24.0. The van der Waals surface area contributed by atoms with Crippen LogP contribution in [0, 0.1) is 0 Å². The molecule has 0 saturated carbocycles. The molecular formula is C62H53BN2S. The van der Waals surface area contributed by atoms with E-state index in [2.05, 4.69) is 218 Å². The van der Waals surface area contributed by atoms with Crippen molar-refractivity contribution in [3.8, 4) is 39.1 Å². The SMILES string of the molecule is CC(C)(C)c1ccc(N2B3c4cc5c(cc4-n4c6ccc(C(C)(C)C)cc6c6c7c(c(c3c64)-c3cc4sc6ccccc6c4cc32)-c2ccccc2C7(C)C)-c2ccccc2C5(C)C)cc1. The van der Waals surface area contributed by atoms with E-state index in [1.165, 1.54) is 137 Å². The molecule has 66 heavy (non-hydrogen) atoms. The van der Waals surface area contributed by atoms with E-state index in [9.17, 15) is 0 Å². The predicted octanol–water partition coefficient (Wildman–Crippen LogP) is 15.6. The van der Waals surface area contributed by atoms with E-state index < -0.39 is 0 Å². The van der Waals surface area contributed by atoms with Gasteiger partial charge in [0.05, 0.1) is 11.0 Å². The lowest BCUT2D eigenvalue weighted by Gasteiger charge is -2.43. The zero-order chi connectivity index (χ0) is 45.1. The molecule has 4 heteroatoms. The molecule has 4 aliphatic rings. The molecule has 0 unspecified atom stereocenters. The van der Waals surface area contributed by atoms with Gasteiger partial charge in [0.15, 0.2) is 0 Å². The Bertz CT molecular complexity index is 3840. The van der Waals surface area contributed by atoms with Crippen molar-refractivity contribution in [1.29, 1.82) is 0 Å². The predicted molar refractivity (Wildman–Crippen MR) is 285 cm³/mol. The number of hydrogen-bond donors (Lipinski definition) is 0. The summed E-state index contributed by atoms with van der Waals surface area (Å²) >= 11 is 1.93. The fourth-order valence-electron chi connectivity index (χ4n) is 13.1. The van der Waals surface area contributed by atoms with Gasteiger partial charge in [0, 0.05) is 64.4 Å². The van der Waals surface area contributed by atoms with Crippen molar-refractivity contribution in [2.75, 3.05) is 4.81 Å². The van der Waals surface area contributed by atoms with E-state index in [-0.39, 0.29) is 28.5 Å². The van der Waals surface area contributed by atoms with Crippen LogP contribution in [0.4, 0.5) is 11.4 Å². The van der Waals surface area contributed by atoms with Crippen molar-refractivity contribution in [2.45, 2.75) is 90.9 Å². The van der Waals surface area contributed by atoms with Gasteiger partial charge in [-0.15, -0.1) is 11.3 Å². The van der Waals surface area contributed by atoms with Gasteiger partial charge in [-0.3, -0.25) is 0 Å². The highest BCUT2D eigenvalue weighted by Gasteiger charge is 2.51. The van der Waals surface area contributed by atoms with E-state index >= 15 is 0 Å². The maximum Gasteiger partial charge on any atom is 0.333 e. The largest absolute Gasteiger partial charge is 0.376 e. The van der Waals surface area contributed by atoms with E-state index in [4.69, 9.17) is 0 Å². The van der Waals surface area contributed by atoms with Crippen molar-refractivity contribution in [2.24, 2.45) is 0 Å². The van der Waals surface area contributed by atoms with Crippen molar-refractivity contribution in [3.05, 3.63) is 173 Å². The van der Waals surface area contributed by atoms with Gasteiger partial charge in [0.25, 0.3) is 0 Å². The summed E-state index contributed by atoms with van der Waals surface area (Å²) < 4.78 is 5.40. The minimum Gasteiger partial charge on any atom is -0.376 e. The molecule has 0 radical (unpaired) electrons. The summed E-state index contributed by atoms with van der Waals surface area (Å²) in [6.07, 6.45) is 0. The van der Waals surface area contributed by atoms with Gasteiger partial charge in [-0.25, -0.2) is 0 Å². The monoisotopic (exact) mass is 868 g/mol. The van der Waals surface area contributed by atoms with Crippen LogP contribution in [-0.2, 0) is 21.7 Å². The second kappa shape index (κ2) is 12.3. The van der Waals surface area contributed by atoms with Crippen LogP contribution in [0.25, 0.3) is 81.0 Å². The molecule has 10 aromatic rings. The minimum atomic E-state index is -0.240. The first-order chi connectivity index (χ1) is 31.5. The number of fused-ring (bicyclic) bond motifs is 19. The van der Waals surface area contributed by atoms with Crippen LogP contribution in [0.15, 0.2) is 140 Å². The van der Waals surface area contributed by atoms with Crippen LogP contribution in [0.3, 0.4) is 0 Å². The Morgan fingerprint density at radius 1 is 0.500 bits per heavy atom. The minimum absolute atomic E-state index is 0.0141. The quantitative estimate of drug-likeness (QED) is 0.149. The van der Waals surface area contributed by atoms with E-state index in [1.807, 2.05) is 11.3 Å². The zero-order valence-corrected chi connectivity index (χ0v) is 40.5. The lowest BCUT2D eigenvalue weighted by Crippen LogP contribution is -2.61. The second-order valence-electron chi connectivity index (χ2n) is 22.9. The van der Waals surface area contributed by atoms with Crippen LogP contribution >= 0.6 is 11.3 Å². The molecule has 14 rings (SSSR count). The van der Waals surface area contributed by atoms with E-state index in [0.29, 0.717) is 0 Å². The first kappa shape index (κ1) is 38.9. The molecular weight excluding hydrogens is 816 g/mol. The van der Waals surface area contributed by atoms with Gasteiger partial charge in [-0.05, 0) is 131 Å². The fourth-order valence-corrected chi connectivity index (χ4v) is 14.3. The number of hydrogen-bond acceptors (Lipinski definition) is 2. The third-order valence-electron chi connectivity index (χ3n) is 16.4. The molecule has 320 valence electrons. The molecule has 2 nitrogen and oxygen atoms in total. The van der Waals surface area contributed by atoms with Gasteiger partial charge in [0.1, 0.15) is 0 Å². The number of thiophene rings is 1. The maximum absolute atomic E-state index is 2.76. The molecule has 0 spiro atoms. The van der Waals surface area contributed by atoms with Gasteiger partial charge >= 0.3 is 6.85 Å². The maximum atomic E-state index is 2.76. The van der Waals surface area contributed by atoms with Crippen LogP contribution in [0.5, 0.6) is 0 Å². The fraction of sp³-hybridized carbons (Fsp3) is 0.226. The average molecular weight is 869 g/mol. The average Bonchev–Trinajstić information content (AvgIpc) is 3.97. The number of rotatable bonds is 1. The normalized spacial score (nSPS) is 15.9. The van der Waals surface area contributed by atoms with Gasteiger partial charge in [-0.2, -0.15) is 0 Å². The van der Waals surface area contributed by atoms with E-state index in [1.54, 1.807) is 0 Å². The van der Waals surface area contributed by atoms with Crippen LogP contribution in [0.2, 0.25) is 0 Å². The Kier molecular flexibility index (Phi) is 7.27. The molecule has 8 aromatic carbocycles. The standard InChI is InChI=1S/C62H53BN2S/c1-59(2,3)34-23-26-36(27-24-34)65-49-31-41-38-18-13-16-22-51(38)66-52(41)32-43(49)54-53-39-19-12-15-21-45(39)62(9,10)56(53)55-42-29-35(60(4,5)6)25-28-48(42)64-50-30-40-37-17-11-14-20-44(37)61(7,8)46(40)33-47(50)63(65)57(54)58(55)64/h11-33H,1-10H3. The summed E-state index contributed by atoms with van der Waals surface area (Å²) in [5.41, 5.74) is 25.5. The third-order valence-corrected chi connectivity index (χ3v) is 17.6. The summed E-state index contributed by atoms with van der Waals surface area (Å²) in [7, 11) is 0. The molecule has 0 bridgehead atoms. The highest BCUT2D eigenvalue weighted by atomic mass is 32.1. The summed E-state index contributed by atoms with van der Waals surface area (Å²) in [6.45, 7) is 23.8. The zero-order valence-electron chi connectivity index (χ0n) is 39.7. The molecule has 2 aromatic heterocycles. The Morgan fingerprint density at radius 2 is 1.17 bits per heavy atom. The molecule has 2 aliphatic carbocycles. The summed E-state index contributed by atoms with van der Waals surface area (Å²) in [6, 6.07) is 55.0. The van der Waals surface area contributed by atoms with Crippen LogP contribution < -0.4 is 15.7 Å². The van der Waals surface area contributed by atoms with Crippen molar-refractivity contribution < 1.29 is 0 Å². The van der Waals surface area contributed by atoms with Gasteiger partial charge in [0.2, 0.25) is 0 Å². The smallest absolute Gasteiger partial charge is 0.333 e. The molecule has 0 fully saturated rings. The van der Waals surface area contributed by atoms with Crippen LogP contribution in [-0.4, -0.2) is 11.4 Å². The number of benzene rings is 8. The molecule has 0 atom stereocenters. The van der Waals surface area contributed by atoms with E-state index in [0.717, 1.165) is 0 Å². The first-order valence-corrected chi connectivity index (χ1v) is 24.8. The number of nitrogens with zero attached hydrogens (tertiary/aromatic N) is 2. The third kappa shape index (κ3) is 4.73. The van der Waals surface area contributed by atoms with Crippen molar-refractivity contribution >= 4 is 82.5 Å². The molecule has 4 heterocycles. The Hall–Kier alpha value is -6.36. The summed E-state index contributed by atoms with van der Waals surface area (Å²) in [5, 5.41) is 5.43. The number of anilines is 2. The molecule has 2 aliphatic heterocycles. The molecule has 0 saturated heterocycles. The second-order valence-corrected chi connectivity index (χ2v) is 24.0. The Balaban J connectivity index is 1.24. The molecule has 0 amide bonds. The summed E-state index contributed by atoms with van der Waals surface area (Å²) in [4.78, 5) is 2.76. The highest BCUT2D eigenvalue weighted by Crippen LogP contribution is 2.60. The lowest BCUT2D eigenvalue weighted by molar-refractivity contribution is 0.590. The van der Waals surface area contributed by atoms with Crippen LogP contribution in [0.1, 0.15) is 103 Å². The number of aromatic nitrogens is 1. The summed E-state index contributed by atoms with van der Waals surface area (Å²) in [5.74, 6) is 0. The van der Waals surface area contributed by atoms with Crippen molar-refractivity contribution in [1.82, 2.24) is 4.57 Å². The molecule has 0 N–H and O–H groups in total. The Labute approximate surface area is 392 Å². The van der Waals surface area contributed by atoms with Gasteiger partial charge < -0.3 is 9.38 Å². The Morgan fingerprint density at radius 3 is 1.91 bits per heavy atom.